The summed E-state index contributed by atoms with van der Waals surface area (Å²) < 4.78 is 30.3. The summed E-state index contributed by atoms with van der Waals surface area (Å²) in [6.07, 6.45) is 0. The summed E-state index contributed by atoms with van der Waals surface area (Å²) in [4.78, 5) is 14.5. The number of fused-ring (bicyclic) bond motifs is 1. The molecule has 134 valence electrons. The second-order valence-electron chi connectivity index (χ2n) is 6.05. The molecule has 0 aliphatic carbocycles. The number of hydrazone groups is 1. The molecule has 0 radical (unpaired) electrons. The number of nitrogens with zero attached hydrogens (tertiary/aromatic N) is 1. The van der Waals surface area contributed by atoms with Gasteiger partial charge in [0.15, 0.2) is 0 Å². The third-order valence-electron chi connectivity index (χ3n) is 4.00. The molecule has 0 unspecified atom stereocenters. The molecule has 26 heavy (non-hydrogen) atoms. The molecule has 0 saturated carbocycles. The number of benzene rings is 2. The van der Waals surface area contributed by atoms with Gasteiger partial charge in [-0.1, -0.05) is 30.3 Å². The maximum Gasteiger partial charge on any atom is 0.345 e. The lowest BCUT2D eigenvalue weighted by atomic mass is 10.1. The third-order valence-corrected chi connectivity index (χ3v) is 5.35. The highest BCUT2D eigenvalue weighted by molar-refractivity contribution is 7.89. The molecule has 0 bridgehead atoms. The molecule has 0 aliphatic rings. The smallest absolute Gasteiger partial charge is 0.345 e. The summed E-state index contributed by atoms with van der Waals surface area (Å²) in [5, 5.41) is 4.63. The normalized spacial score (nSPS) is 12.3. The Morgan fingerprint density at radius 2 is 1.81 bits per heavy atom. The molecule has 0 fully saturated rings. The number of rotatable bonds is 4. The molecule has 0 spiro atoms. The van der Waals surface area contributed by atoms with E-state index in [1.165, 1.54) is 0 Å². The topological polar surface area (TPSA) is 88.7 Å². The molecule has 1 heterocycles. The van der Waals surface area contributed by atoms with Crippen molar-refractivity contribution in [2.24, 2.45) is 5.10 Å². The van der Waals surface area contributed by atoms with Crippen molar-refractivity contribution in [2.75, 3.05) is 0 Å². The van der Waals surface area contributed by atoms with E-state index in [1.807, 2.05) is 19.1 Å². The highest BCUT2D eigenvalue weighted by Crippen LogP contribution is 2.17. The first-order chi connectivity index (χ1) is 12.3. The van der Waals surface area contributed by atoms with Crippen molar-refractivity contribution >= 4 is 26.7 Å². The Labute approximate surface area is 151 Å². The van der Waals surface area contributed by atoms with Crippen molar-refractivity contribution in [1.29, 1.82) is 0 Å². The van der Waals surface area contributed by atoms with Crippen LogP contribution in [0.2, 0.25) is 0 Å². The van der Waals surface area contributed by atoms with Gasteiger partial charge < -0.3 is 4.42 Å². The van der Waals surface area contributed by atoms with Crippen LogP contribution in [0.5, 0.6) is 0 Å². The van der Waals surface area contributed by atoms with E-state index in [0.29, 0.717) is 11.1 Å². The van der Waals surface area contributed by atoms with E-state index in [-0.39, 0.29) is 16.2 Å². The molecule has 2 aromatic carbocycles. The predicted molar refractivity (Wildman–Crippen MR) is 101 cm³/mol. The monoisotopic (exact) mass is 370 g/mol. The van der Waals surface area contributed by atoms with Crippen LogP contribution in [0.25, 0.3) is 11.0 Å². The van der Waals surface area contributed by atoms with Crippen LogP contribution in [-0.4, -0.2) is 14.1 Å². The summed E-state index contributed by atoms with van der Waals surface area (Å²) in [6.45, 7) is 5.07. The van der Waals surface area contributed by atoms with E-state index in [2.05, 4.69) is 9.93 Å². The minimum Gasteiger partial charge on any atom is -0.422 e. The quantitative estimate of drug-likeness (QED) is 0.434. The second-order valence-corrected chi connectivity index (χ2v) is 7.68. The minimum absolute atomic E-state index is 0.152. The van der Waals surface area contributed by atoms with Gasteiger partial charge in [-0.25, -0.2) is 4.79 Å². The van der Waals surface area contributed by atoms with E-state index in [4.69, 9.17) is 4.42 Å². The largest absolute Gasteiger partial charge is 0.422 e. The van der Waals surface area contributed by atoms with Gasteiger partial charge in [0, 0.05) is 5.39 Å². The van der Waals surface area contributed by atoms with Crippen LogP contribution >= 0.6 is 0 Å². The number of aryl methyl sites for hydroxylation is 2. The Morgan fingerprint density at radius 1 is 1.08 bits per heavy atom. The molecule has 1 N–H and O–H groups in total. The Bertz CT molecular complexity index is 1180. The average Bonchev–Trinajstić information content (AvgIpc) is 2.61. The van der Waals surface area contributed by atoms with Crippen molar-refractivity contribution in [3.8, 4) is 0 Å². The number of hydrogen-bond donors (Lipinski definition) is 1. The zero-order valence-electron chi connectivity index (χ0n) is 14.6. The SMILES string of the molecule is CC(=NNS(=O)(=O)c1cc(C)ccc1C)c1cc2ccccc2oc1=O. The van der Waals surface area contributed by atoms with Crippen molar-refractivity contribution in [2.45, 2.75) is 25.7 Å². The van der Waals surface area contributed by atoms with Gasteiger partial charge in [0.2, 0.25) is 0 Å². The molecular formula is C19H18N2O4S. The van der Waals surface area contributed by atoms with Gasteiger partial charge in [-0.2, -0.15) is 18.4 Å². The van der Waals surface area contributed by atoms with Crippen molar-refractivity contribution in [3.63, 3.8) is 0 Å². The predicted octanol–water partition coefficient (Wildman–Crippen LogP) is 3.11. The Balaban J connectivity index is 1.97. The van der Waals surface area contributed by atoms with Gasteiger partial charge in [0.1, 0.15) is 5.58 Å². The van der Waals surface area contributed by atoms with E-state index < -0.39 is 15.6 Å². The van der Waals surface area contributed by atoms with E-state index in [9.17, 15) is 13.2 Å². The average molecular weight is 370 g/mol. The van der Waals surface area contributed by atoms with Crippen LogP contribution in [0.1, 0.15) is 23.6 Å². The number of nitrogens with one attached hydrogen (secondary N) is 1. The third kappa shape index (κ3) is 3.52. The van der Waals surface area contributed by atoms with Crippen LogP contribution < -0.4 is 10.5 Å². The minimum atomic E-state index is -3.84. The molecule has 6 nitrogen and oxygen atoms in total. The summed E-state index contributed by atoms with van der Waals surface area (Å²) in [6, 6.07) is 13.9. The van der Waals surface area contributed by atoms with E-state index in [1.54, 1.807) is 50.2 Å². The van der Waals surface area contributed by atoms with Crippen LogP contribution in [0.3, 0.4) is 0 Å². The molecular weight excluding hydrogens is 352 g/mol. The number of hydrogen-bond acceptors (Lipinski definition) is 5. The molecule has 3 rings (SSSR count). The van der Waals surface area contributed by atoms with Gasteiger partial charge in [0.25, 0.3) is 10.0 Å². The van der Waals surface area contributed by atoms with Crippen LogP contribution in [-0.2, 0) is 10.0 Å². The Morgan fingerprint density at radius 3 is 2.58 bits per heavy atom. The first-order valence-electron chi connectivity index (χ1n) is 7.94. The molecule has 0 aliphatic heterocycles. The van der Waals surface area contributed by atoms with Gasteiger partial charge in [-0.05, 0) is 50.1 Å². The van der Waals surface area contributed by atoms with Gasteiger partial charge >= 0.3 is 5.63 Å². The number of para-hydroxylation sites is 1. The molecule has 0 amide bonds. The van der Waals surface area contributed by atoms with Crippen molar-refractivity contribution in [1.82, 2.24) is 4.83 Å². The molecule has 0 atom stereocenters. The molecule has 3 aromatic rings. The molecule has 1 aromatic heterocycles. The van der Waals surface area contributed by atoms with Crippen molar-refractivity contribution in [3.05, 3.63) is 75.6 Å². The number of sulfonamides is 1. The van der Waals surface area contributed by atoms with Crippen LogP contribution in [0.4, 0.5) is 0 Å². The summed E-state index contributed by atoms with van der Waals surface area (Å²) in [7, 11) is -3.84. The van der Waals surface area contributed by atoms with Gasteiger partial charge in [-0.15, -0.1) is 0 Å². The maximum absolute atomic E-state index is 12.5. The van der Waals surface area contributed by atoms with E-state index >= 15 is 0 Å². The Hall–Kier alpha value is -2.93. The van der Waals surface area contributed by atoms with E-state index in [0.717, 1.165) is 10.9 Å². The summed E-state index contributed by atoms with van der Waals surface area (Å²) in [5.41, 5.74) is 1.75. The molecule has 7 heteroatoms. The lowest BCUT2D eigenvalue weighted by molar-refractivity contribution is 0.559. The van der Waals surface area contributed by atoms with Crippen molar-refractivity contribution < 1.29 is 12.8 Å². The Kier molecular flexibility index (Phi) is 4.65. The molecule has 0 saturated heterocycles. The zero-order valence-corrected chi connectivity index (χ0v) is 15.4. The highest BCUT2D eigenvalue weighted by Gasteiger charge is 2.17. The maximum atomic E-state index is 12.5. The fraction of sp³-hybridized carbons (Fsp3) is 0.158. The second kappa shape index (κ2) is 6.76. The first kappa shape index (κ1) is 17.9. The van der Waals surface area contributed by atoms with Gasteiger partial charge in [0.05, 0.1) is 16.2 Å². The standard InChI is InChI=1S/C19H18N2O4S/c1-12-8-9-13(2)18(10-12)26(23,24)21-20-14(3)16-11-15-6-4-5-7-17(15)25-19(16)22/h4-11,21H,1-3H3. The first-order valence-corrected chi connectivity index (χ1v) is 9.43. The van der Waals surface area contributed by atoms with Crippen LogP contribution in [0.15, 0.2) is 67.7 Å². The lowest BCUT2D eigenvalue weighted by Gasteiger charge is -2.09. The van der Waals surface area contributed by atoms with Crippen LogP contribution in [0, 0.1) is 13.8 Å². The zero-order chi connectivity index (χ0) is 18.9. The fourth-order valence-electron chi connectivity index (χ4n) is 2.55. The summed E-state index contributed by atoms with van der Waals surface area (Å²) in [5.74, 6) is 0. The summed E-state index contributed by atoms with van der Waals surface area (Å²) >= 11 is 0. The fourth-order valence-corrected chi connectivity index (χ4v) is 3.74. The highest BCUT2D eigenvalue weighted by atomic mass is 32.2. The van der Waals surface area contributed by atoms with Gasteiger partial charge in [-0.3, -0.25) is 0 Å². The lowest BCUT2D eigenvalue weighted by Crippen LogP contribution is -2.22.